The highest BCUT2D eigenvalue weighted by Crippen LogP contribution is 2.19. The SMILES string of the molecule is COC(=O)C(C)CN(Cc1ccc(OC)cc1)C(=O)c1cccc([N+](=O)[O-])c1. The number of nitrogens with zero attached hydrogens (tertiary/aromatic N) is 2. The molecule has 0 heterocycles. The van der Waals surface area contributed by atoms with Crippen LogP contribution in [0.15, 0.2) is 48.5 Å². The summed E-state index contributed by atoms with van der Waals surface area (Å²) in [4.78, 5) is 36.8. The Morgan fingerprint density at radius 2 is 1.82 bits per heavy atom. The number of carbonyl (C=O) groups excluding carboxylic acids is 2. The highest BCUT2D eigenvalue weighted by Gasteiger charge is 2.24. The van der Waals surface area contributed by atoms with E-state index in [4.69, 9.17) is 9.47 Å². The van der Waals surface area contributed by atoms with Crippen LogP contribution in [0.5, 0.6) is 5.75 Å². The summed E-state index contributed by atoms with van der Waals surface area (Å²) >= 11 is 0. The van der Waals surface area contributed by atoms with Gasteiger partial charge in [0.25, 0.3) is 11.6 Å². The standard InChI is InChI=1S/C20H22N2O6/c1-14(20(24)28-3)12-21(13-15-7-9-18(27-2)10-8-15)19(23)16-5-4-6-17(11-16)22(25)26/h4-11,14H,12-13H2,1-3H3. The van der Waals surface area contributed by atoms with Gasteiger partial charge in [-0.25, -0.2) is 0 Å². The zero-order chi connectivity index (χ0) is 20.7. The third-order valence-electron chi connectivity index (χ3n) is 4.22. The Labute approximate surface area is 162 Å². The first kappa shape index (κ1) is 20.9. The number of benzene rings is 2. The van der Waals surface area contributed by atoms with Gasteiger partial charge in [-0.1, -0.05) is 25.1 Å². The summed E-state index contributed by atoms with van der Waals surface area (Å²) < 4.78 is 9.88. The number of carbonyl (C=O) groups is 2. The Morgan fingerprint density at radius 3 is 2.39 bits per heavy atom. The summed E-state index contributed by atoms with van der Waals surface area (Å²) in [5, 5.41) is 11.0. The van der Waals surface area contributed by atoms with Gasteiger partial charge in [0.2, 0.25) is 0 Å². The van der Waals surface area contributed by atoms with Crippen LogP contribution in [-0.2, 0) is 16.1 Å². The minimum absolute atomic E-state index is 0.111. The topological polar surface area (TPSA) is 99.0 Å². The molecule has 1 atom stereocenters. The normalized spacial score (nSPS) is 11.4. The molecule has 1 unspecified atom stereocenters. The Bertz CT molecular complexity index is 850. The molecule has 8 nitrogen and oxygen atoms in total. The Kier molecular flexibility index (Phi) is 7.08. The van der Waals surface area contributed by atoms with Crippen molar-refractivity contribution >= 4 is 17.6 Å². The van der Waals surface area contributed by atoms with E-state index in [0.717, 1.165) is 5.56 Å². The van der Waals surface area contributed by atoms with Crippen LogP contribution in [0.25, 0.3) is 0 Å². The number of hydrogen-bond acceptors (Lipinski definition) is 6. The van der Waals surface area contributed by atoms with Crippen molar-refractivity contribution in [3.63, 3.8) is 0 Å². The van der Waals surface area contributed by atoms with Crippen molar-refractivity contribution in [2.45, 2.75) is 13.5 Å². The molecule has 28 heavy (non-hydrogen) atoms. The summed E-state index contributed by atoms with van der Waals surface area (Å²) in [7, 11) is 2.85. The van der Waals surface area contributed by atoms with Gasteiger partial charge in [0.15, 0.2) is 0 Å². The van der Waals surface area contributed by atoms with E-state index in [2.05, 4.69) is 0 Å². The van der Waals surface area contributed by atoms with Crippen LogP contribution in [0.4, 0.5) is 5.69 Å². The van der Waals surface area contributed by atoms with E-state index in [-0.39, 0.29) is 24.3 Å². The molecule has 148 valence electrons. The minimum Gasteiger partial charge on any atom is -0.497 e. The number of ether oxygens (including phenoxy) is 2. The first-order chi connectivity index (χ1) is 13.3. The largest absolute Gasteiger partial charge is 0.497 e. The number of nitro groups is 1. The van der Waals surface area contributed by atoms with Crippen molar-refractivity contribution in [2.24, 2.45) is 5.92 Å². The van der Waals surface area contributed by atoms with E-state index in [1.165, 1.54) is 36.3 Å². The number of esters is 1. The summed E-state index contributed by atoms with van der Waals surface area (Å²) in [5.74, 6) is -0.712. The van der Waals surface area contributed by atoms with Crippen LogP contribution in [0.2, 0.25) is 0 Å². The van der Waals surface area contributed by atoms with E-state index in [1.54, 1.807) is 26.2 Å². The first-order valence-corrected chi connectivity index (χ1v) is 8.60. The number of rotatable bonds is 8. The maximum absolute atomic E-state index is 13.0. The zero-order valence-corrected chi connectivity index (χ0v) is 16.0. The van der Waals surface area contributed by atoms with Gasteiger partial charge in [0.05, 0.1) is 25.1 Å². The summed E-state index contributed by atoms with van der Waals surface area (Å²) in [6, 6.07) is 12.7. The molecule has 0 bridgehead atoms. The highest BCUT2D eigenvalue weighted by molar-refractivity contribution is 5.95. The second-order valence-corrected chi connectivity index (χ2v) is 6.27. The number of non-ortho nitro benzene ring substituents is 1. The Balaban J connectivity index is 2.30. The van der Waals surface area contributed by atoms with Crippen molar-refractivity contribution < 1.29 is 24.0 Å². The van der Waals surface area contributed by atoms with Gasteiger partial charge in [0, 0.05) is 30.8 Å². The zero-order valence-electron chi connectivity index (χ0n) is 16.0. The second-order valence-electron chi connectivity index (χ2n) is 6.27. The first-order valence-electron chi connectivity index (χ1n) is 8.60. The van der Waals surface area contributed by atoms with Crippen LogP contribution in [-0.4, -0.2) is 42.5 Å². The summed E-state index contributed by atoms with van der Waals surface area (Å²) in [6.07, 6.45) is 0. The lowest BCUT2D eigenvalue weighted by molar-refractivity contribution is -0.384. The van der Waals surface area contributed by atoms with Crippen LogP contribution >= 0.6 is 0 Å². The smallest absolute Gasteiger partial charge is 0.310 e. The van der Waals surface area contributed by atoms with Crippen molar-refractivity contribution in [3.8, 4) is 5.75 Å². The van der Waals surface area contributed by atoms with Crippen molar-refractivity contribution in [3.05, 3.63) is 69.8 Å². The van der Waals surface area contributed by atoms with E-state index >= 15 is 0 Å². The third-order valence-corrected chi connectivity index (χ3v) is 4.22. The molecule has 0 aliphatic heterocycles. The fraction of sp³-hybridized carbons (Fsp3) is 0.300. The molecule has 8 heteroatoms. The Morgan fingerprint density at radius 1 is 1.14 bits per heavy atom. The predicted octanol–water partition coefficient (Wildman–Crippen LogP) is 3.05. The molecule has 0 aliphatic carbocycles. The third kappa shape index (κ3) is 5.29. The lowest BCUT2D eigenvalue weighted by Crippen LogP contribution is -2.36. The molecule has 2 aromatic rings. The molecule has 2 aromatic carbocycles. The molecule has 2 rings (SSSR count). The minimum atomic E-state index is -0.554. The predicted molar refractivity (Wildman–Crippen MR) is 102 cm³/mol. The number of methoxy groups -OCH3 is 2. The molecule has 0 spiro atoms. The average molecular weight is 386 g/mol. The monoisotopic (exact) mass is 386 g/mol. The second kappa shape index (κ2) is 9.50. The van der Waals surface area contributed by atoms with Crippen molar-refractivity contribution in [1.29, 1.82) is 0 Å². The van der Waals surface area contributed by atoms with E-state index in [1.807, 2.05) is 12.1 Å². The molecule has 1 amide bonds. The number of nitro benzene ring substituents is 1. The quantitative estimate of drug-likeness (QED) is 0.393. The van der Waals surface area contributed by atoms with Gasteiger partial charge < -0.3 is 14.4 Å². The van der Waals surface area contributed by atoms with Gasteiger partial charge in [-0.05, 0) is 23.8 Å². The fourth-order valence-corrected chi connectivity index (χ4v) is 2.71. The molecule has 0 aromatic heterocycles. The molecule has 0 saturated carbocycles. The van der Waals surface area contributed by atoms with E-state index in [9.17, 15) is 19.7 Å². The Hall–Kier alpha value is -3.42. The summed E-state index contributed by atoms with van der Waals surface area (Å²) in [5.41, 5.74) is 0.840. The molecule has 0 fully saturated rings. The van der Waals surface area contributed by atoms with E-state index < -0.39 is 22.7 Å². The van der Waals surface area contributed by atoms with Crippen LogP contribution in [0.1, 0.15) is 22.8 Å². The maximum Gasteiger partial charge on any atom is 0.310 e. The molecular weight excluding hydrogens is 364 g/mol. The number of amides is 1. The van der Waals surface area contributed by atoms with Gasteiger partial charge in [-0.15, -0.1) is 0 Å². The molecule has 0 saturated heterocycles. The molecular formula is C20H22N2O6. The van der Waals surface area contributed by atoms with Crippen LogP contribution in [0.3, 0.4) is 0 Å². The maximum atomic E-state index is 13.0. The average Bonchev–Trinajstić information content (AvgIpc) is 2.72. The fourth-order valence-electron chi connectivity index (χ4n) is 2.71. The molecule has 0 N–H and O–H groups in total. The lowest BCUT2D eigenvalue weighted by Gasteiger charge is -2.25. The van der Waals surface area contributed by atoms with Gasteiger partial charge in [0.1, 0.15) is 5.75 Å². The van der Waals surface area contributed by atoms with E-state index in [0.29, 0.717) is 5.75 Å². The van der Waals surface area contributed by atoms with Crippen LogP contribution in [0, 0.1) is 16.0 Å². The van der Waals surface area contributed by atoms with Crippen molar-refractivity contribution in [1.82, 2.24) is 4.90 Å². The lowest BCUT2D eigenvalue weighted by atomic mass is 10.1. The van der Waals surface area contributed by atoms with Gasteiger partial charge in [-0.2, -0.15) is 0 Å². The van der Waals surface area contributed by atoms with Gasteiger partial charge in [-0.3, -0.25) is 19.7 Å². The van der Waals surface area contributed by atoms with Crippen LogP contribution < -0.4 is 4.74 Å². The molecule has 0 aliphatic rings. The summed E-state index contributed by atoms with van der Waals surface area (Å²) in [6.45, 7) is 2.00. The van der Waals surface area contributed by atoms with Crippen molar-refractivity contribution in [2.75, 3.05) is 20.8 Å². The van der Waals surface area contributed by atoms with Gasteiger partial charge >= 0.3 is 5.97 Å². The highest BCUT2D eigenvalue weighted by atomic mass is 16.6. The molecule has 0 radical (unpaired) electrons. The number of hydrogen-bond donors (Lipinski definition) is 0.